The number of nitrogens with zero attached hydrogens (tertiary/aromatic N) is 1. The van der Waals surface area contributed by atoms with Crippen molar-refractivity contribution < 1.29 is 9.53 Å². The second kappa shape index (κ2) is 10.6. The molecule has 4 nitrogen and oxygen atoms in total. The van der Waals surface area contributed by atoms with Gasteiger partial charge in [-0.3, -0.25) is 9.78 Å². The zero-order valence-corrected chi connectivity index (χ0v) is 17.3. The molecule has 1 fully saturated rings. The van der Waals surface area contributed by atoms with Gasteiger partial charge < -0.3 is 10.1 Å². The predicted molar refractivity (Wildman–Crippen MR) is 118 cm³/mol. The minimum Gasteiger partial charge on any atom is -0.497 e. The van der Waals surface area contributed by atoms with E-state index >= 15 is 0 Å². The molecule has 1 atom stereocenters. The van der Waals surface area contributed by atoms with Gasteiger partial charge in [-0.15, -0.1) is 0 Å². The molecule has 1 saturated carbocycles. The molecular formula is C25H30N2O2. The van der Waals surface area contributed by atoms with Gasteiger partial charge in [0.2, 0.25) is 5.91 Å². The van der Waals surface area contributed by atoms with Crippen LogP contribution in [0.4, 0.5) is 0 Å². The molecule has 1 aromatic heterocycles. The number of hydrogen-bond donors (Lipinski definition) is 1. The van der Waals surface area contributed by atoms with Crippen LogP contribution in [-0.4, -0.2) is 24.0 Å². The normalized spacial score (nSPS) is 15.3. The molecule has 29 heavy (non-hydrogen) atoms. The third-order valence-electron chi connectivity index (χ3n) is 5.18. The Morgan fingerprint density at radius 1 is 1.28 bits per heavy atom. The van der Waals surface area contributed by atoms with Crippen molar-refractivity contribution in [3.63, 3.8) is 0 Å². The first-order chi connectivity index (χ1) is 14.2. The molecule has 0 bridgehead atoms. The van der Waals surface area contributed by atoms with Crippen molar-refractivity contribution in [1.82, 2.24) is 10.3 Å². The lowest BCUT2D eigenvalue weighted by Crippen LogP contribution is -2.31. The zero-order valence-electron chi connectivity index (χ0n) is 17.3. The maximum absolute atomic E-state index is 12.2. The Kier molecular flexibility index (Phi) is 7.62. The van der Waals surface area contributed by atoms with Crippen molar-refractivity contribution >= 4 is 11.5 Å². The van der Waals surface area contributed by atoms with E-state index in [4.69, 9.17) is 4.74 Å². The number of hydrogen-bond acceptors (Lipinski definition) is 3. The molecule has 152 valence electrons. The largest absolute Gasteiger partial charge is 0.497 e. The highest BCUT2D eigenvalue weighted by Crippen LogP contribution is 2.42. The van der Waals surface area contributed by atoms with E-state index in [1.807, 2.05) is 30.5 Å². The SMILES string of the molecule is COc1ccc(C(=CC=CC(=O)N[C@H](C)CCCc2cccnc2)C2CC2)cc1. The Bertz CT molecular complexity index is 837. The molecule has 1 N–H and O–H groups in total. The van der Waals surface area contributed by atoms with Crippen molar-refractivity contribution in [1.29, 1.82) is 0 Å². The minimum absolute atomic E-state index is 0.0417. The molecule has 0 unspecified atom stereocenters. The van der Waals surface area contributed by atoms with Crippen LogP contribution in [0.2, 0.25) is 0 Å². The number of amides is 1. The van der Waals surface area contributed by atoms with E-state index in [1.165, 1.54) is 29.5 Å². The Labute approximate surface area is 173 Å². The molecular weight excluding hydrogens is 360 g/mol. The van der Waals surface area contributed by atoms with E-state index in [2.05, 4.69) is 41.5 Å². The fourth-order valence-corrected chi connectivity index (χ4v) is 3.41. The van der Waals surface area contributed by atoms with Crippen LogP contribution in [0.1, 0.15) is 43.7 Å². The summed E-state index contributed by atoms with van der Waals surface area (Å²) in [7, 11) is 1.67. The van der Waals surface area contributed by atoms with Gasteiger partial charge in [-0.25, -0.2) is 0 Å². The van der Waals surface area contributed by atoms with E-state index in [9.17, 15) is 4.79 Å². The number of benzene rings is 1. The highest BCUT2D eigenvalue weighted by molar-refractivity contribution is 5.88. The molecule has 3 rings (SSSR count). The topological polar surface area (TPSA) is 51.2 Å². The summed E-state index contributed by atoms with van der Waals surface area (Å²) in [6.45, 7) is 2.05. The quantitative estimate of drug-likeness (QED) is 0.460. The first-order valence-corrected chi connectivity index (χ1v) is 10.4. The lowest BCUT2D eigenvalue weighted by molar-refractivity contribution is -0.117. The molecule has 0 radical (unpaired) electrons. The standard InChI is InChI=1S/C25H30N2O2/c1-19(6-3-7-20-8-5-17-26-18-20)27-25(28)10-4-9-24(21-11-12-21)22-13-15-23(29-2)16-14-22/h4-5,8-10,13-19,21H,3,6-7,11-12H2,1-2H3,(H,27,28)/t19-/m1/s1. The minimum atomic E-state index is -0.0417. The first kappa shape index (κ1) is 20.8. The molecule has 1 aliphatic carbocycles. The summed E-state index contributed by atoms with van der Waals surface area (Å²) in [5.74, 6) is 1.42. The van der Waals surface area contributed by atoms with Crippen LogP contribution in [-0.2, 0) is 11.2 Å². The number of carbonyl (C=O) groups is 1. The highest BCUT2D eigenvalue weighted by Gasteiger charge is 2.26. The molecule has 1 aromatic carbocycles. The van der Waals surface area contributed by atoms with Crippen LogP contribution in [0.5, 0.6) is 5.75 Å². The summed E-state index contributed by atoms with van der Waals surface area (Å²) in [6, 6.07) is 12.3. The Balaban J connectivity index is 1.47. The lowest BCUT2D eigenvalue weighted by atomic mass is 10.0. The monoisotopic (exact) mass is 390 g/mol. The van der Waals surface area contributed by atoms with E-state index in [1.54, 1.807) is 19.4 Å². The fraction of sp³-hybridized carbons (Fsp3) is 0.360. The molecule has 4 heteroatoms. The van der Waals surface area contributed by atoms with Crippen LogP contribution in [0, 0.1) is 5.92 Å². The summed E-state index contributed by atoms with van der Waals surface area (Å²) in [5.41, 5.74) is 3.73. The average molecular weight is 391 g/mol. The van der Waals surface area contributed by atoms with Gasteiger partial charge in [-0.1, -0.05) is 30.4 Å². The van der Waals surface area contributed by atoms with Crippen molar-refractivity contribution in [3.05, 3.63) is 78.1 Å². The second-order valence-corrected chi connectivity index (χ2v) is 7.65. The van der Waals surface area contributed by atoms with Crippen LogP contribution in [0.3, 0.4) is 0 Å². The number of allylic oxidation sites excluding steroid dienone is 3. The number of aryl methyl sites for hydroxylation is 1. The second-order valence-electron chi connectivity index (χ2n) is 7.65. The summed E-state index contributed by atoms with van der Waals surface area (Å²) in [6.07, 6.45) is 14.7. The molecule has 0 aliphatic heterocycles. The van der Waals surface area contributed by atoms with Crippen molar-refractivity contribution in [2.75, 3.05) is 7.11 Å². The van der Waals surface area contributed by atoms with Crippen molar-refractivity contribution in [2.45, 2.75) is 45.1 Å². The Morgan fingerprint density at radius 2 is 2.07 bits per heavy atom. The van der Waals surface area contributed by atoms with Gasteiger partial charge in [0.15, 0.2) is 0 Å². The van der Waals surface area contributed by atoms with Gasteiger partial charge in [-0.05, 0) is 79.8 Å². The van der Waals surface area contributed by atoms with E-state index < -0.39 is 0 Å². The van der Waals surface area contributed by atoms with Crippen LogP contribution >= 0.6 is 0 Å². The van der Waals surface area contributed by atoms with E-state index in [0.717, 1.165) is 25.0 Å². The highest BCUT2D eigenvalue weighted by atomic mass is 16.5. The third kappa shape index (κ3) is 6.90. The summed E-state index contributed by atoms with van der Waals surface area (Å²) in [4.78, 5) is 16.4. The van der Waals surface area contributed by atoms with Crippen molar-refractivity contribution in [3.8, 4) is 5.75 Å². The third-order valence-corrected chi connectivity index (χ3v) is 5.18. The van der Waals surface area contributed by atoms with Gasteiger partial charge in [0.25, 0.3) is 0 Å². The number of ether oxygens (including phenoxy) is 1. The van der Waals surface area contributed by atoms with Gasteiger partial charge in [0.05, 0.1) is 7.11 Å². The smallest absolute Gasteiger partial charge is 0.244 e. The summed E-state index contributed by atoms with van der Waals surface area (Å²) >= 11 is 0. The van der Waals surface area contributed by atoms with E-state index in [0.29, 0.717) is 5.92 Å². The first-order valence-electron chi connectivity index (χ1n) is 10.4. The molecule has 1 heterocycles. The molecule has 0 spiro atoms. The Morgan fingerprint density at radius 3 is 2.72 bits per heavy atom. The molecule has 1 aliphatic rings. The average Bonchev–Trinajstić information content (AvgIpc) is 3.57. The van der Waals surface area contributed by atoms with E-state index in [-0.39, 0.29) is 11.9 Å². The molecule has 2 aromatic rings. The van der Waals surface area contributed by atoms with Gasteiger partial charge in [-0.2, -0.15) is 0 Å². The van der Waals surface area contributed by atoms with Gasteiger partial charge >= 0.3 is 0 Å². The van der Waals surface area contributed by atoms with Crippen LogP contribution in [0.15, 0.2) is 67.0 Å². The predicted octanol–water partition coefficient (Wildman–Crippen LogP) is 4.97. The van der Waals surface area contributed by atoms with Gasteiger partial charge in [0, 0.05) is 24.5 Å². The summed E-state index contributed by atoms with van der Waals surface area (Å²) < 4.78 is 5.24. The van der Waals surface area contributed by atoms with Crippen LogP contribution < -0.4 is 10.1 Å². The molecule has 0 saturated heterocycles. The maximum Gasteiger partial charge on any atom is 0.244 e. The number of pyridine rings is 1. The lowest BCUT2D eigenvalue weighted by Gasteiger charge is -2.12. The number of aromatic nitrogens is 1. The zero-order chi connectivity index (χ0) is 20.5. The summed E-state index contributed by atoms with van der Waals surface area (Å²) in [5, 5.41) is 3.05. The maximum atomic E-state index is 12.2. The van der Waals surface area contributed by atoms with Gasteiger partial charge in [0.1, 0.15) is 5.75 Å². The number of carbonyl (C=O) groups excluding carboxylic acids is 1. The Hall–Kier alpha value is -2.88. The number of nitrogens with one attached hydrogen (secondary N) is 1. The van der Waals surface area contributed by atoms with Crippen molar-refractivity contribution in [2.24, 2.45) is 5.92 Å². The molecule has 1 amide bonds. The van der Waals surface area contributed by atoms with Crippen LogP contribution in [0.25, 0.3) is 5.57 Å². The number of methoxy groups -OCH3 is 1. The number of rotatable bonds is 10. The fourth-order valence-electron chi connectivity index (χ4n) is 3.41.